The third kappa shape index (κ3) is 3.44. The van der Waals surface area contributed by atoms with Crippen molar-refractivity contribution in [1.29, 1.82) is 0 Å². The Morgan fingerprint density at radius 2 is 2.20 bits per heavy atom. The van der Waals surface area contributed by atoms with E-state index in [9.17, 15) is 4.79 Å². The number of rotatable bonds is 5. The standard InChI is InChI=1S/C15H19NO4/c1-3-6-16-14(17)5-4-11-9-12(18-2)15-13(10-11)19-7-8-20-15/h4-5,9-10H,3,6-8H2,1-2H3,(H,16,17)/b5-4+. The topological polar surface area (TPSA) is 56.8 Å². The molecule has 1 aliphatic heterocycles. The number of hydrogen-bond donors (Lipinski definition) is 1. The molecule has 1 N–H and O–H groups in total. The molecule has 0 unspecified atom stereocenters. The van der Waals surface area contributed by atoms with Gasteiger partial charge in [-0.15, -0.1) is 0 Å². The molecule has 0 saturated heterocycles. The summed E-state index contributed by atoms with van der Waals surface area (Å²) in [4.78, 5) is 11.5. The van der Waals surface area contributed by atoms with Gasteiger partial charge in [-0.05, 0) is 30.2 Å². The SMILES string of the molecule is CCCNC(=O)/C=C/c1cc(OC)c2c(c1)OCCO2. The van der Waals surface area contributed by atoms with Crippen LogP contribution in [0.25, 0.3) is 6.08 Å². The molecule has 0 atom stereocenters. The van der Waals surface area contributed by atoms with Crippen LogP contribution in [0.3, 0.4) is 0 Å². The lowest BCUT2D eigenvalue weighted by Gasteiger charge is -2.20. The van der Waals surface area contributed by atoms with Gasteiger partial charge in [-0.3, -0.25) is 4.79 Å². The molecule has 108 valence electrons. The van der Waals surface area contributed by atoms with Gasteiger partial charge >= 0.3 is 0 Å². The summed E-state index contributed by atoms with van der Waals surface area (Å²) in [7, 11) is 1.58. The zero-order valence-electron chi connectivity index (χ0n) is 11.8. The van der Waals surface area contributed by atoms with E-state index < -0.39 is 0 Å². The highest BCUT2D eigenvalue weighted by molar-refractivity contribution is 5.91. The van der Waals surface area contributed by atoms with E-state index in [1.165, 1.54) is 6.08 Å². The maximum absolute atomic E-state index is 11.5. The Hall–Kier alpha value is -2.17. The summed E-state index contributed by atoms with van der Waals surface area (Å²) >= 11 is 0. The summed E-state index contributed by atoms with van der Waals surface area (Å²) < 4.78 is 16.4. The fourth-order valence-electron chi connectivity index (χ4n) is 1.87. The predicted octanol–water partition coefficient (Wildman–Crippen LogP) is 2.01. The lowest BCUT2D eigenvalue weighted by atomic mass is 10.1. The van der Waals surface area contributed by atoms with Gasteiger partial charge in [0.15, 0.2) is 11.5 Å². The number of methoxy groups -OCH3 is 1. The van der Waals surface area contributed by atoms with Crippen molar-refractivity contribution in [3.05, 3.63) is 23.8 Å². The molecule has 0 spiro atoms. The van der Waals surface area contributed by atoms with E-state index >= 15 is 0 Å². The van der Waals surface area contributed by atoms with E-state index in [1.54, 1.807) is 13.2 Å². The number of carbonyl (C=O) groups excluding carboxylic acids is 1. The van der Waals surface area contributed by atoms with E-state index in [0.717, 1.165) is 12.0 Å². The molecule has 0 radical (unpaired) electrons. The van der Waals surface area contributed by atoms with E-state index in [2.05, 4.69) is 5.32 Å². The Bertz CT molecular complexity index is 494. The van der Waals surface area contributed by atoms with Gasteiger partial charge in [-0.1, -0.05) is 6.92 Å². The van der Waals surface area contributed by atoms with Gasteiger partial charge in [0.05, 0.1) is 7.11 Å². The fourth-order valence-corrected chi connectivity index (χ4v) is 1.87. The largest absolute Gasteiger partial charge is 0.493 e. The normalized spacial score (nSPS) is 13.3. The molecule has 0 aliphatic carbocycles. The molecule has 5 nitrogen and oxygen atoms in total. The summed E-state index contributed by atoms with van der Waals surface area (Å²) in [6, 6.07) is 3.65. The van der Waals surface area contributed by atoms with Crippen LogP contribution in [-0.4, -0.2) is 32.8 Å². The highest BCUT2D eigenvalue weighted by Crippen LogP contribution is 2.40. The second-order valence-electron chi connectivity index (χ2n) is 4.37. The molecular weight excluding hydrogens is 258 g/mol. The highest BCUT2D eigenvalue weighted by Gasteiger charge is 2.17. The molecule has 0 bridgehead atoms. The van der Waals surface area contributed by atoms with Gasteiger partial charge < -0.3 is 19.5 Å². The van der Waals surface area contributed by atoms with Crippen molar-refractivity contribution in [2.24, 2.45) is 0 Å². The van der Waals surface area contributed by atoms with Crippen LogP contribution in [0.1, 0.15) is 18.9 Å². The fraction of sp³-hybridized carbons (Fsp3) is 0.400. The smallest absolute Gasteiger partial charge is 0.243 e. The Labute approximate surface area is 118 Å². The van der Waals surface area contributed by atoms with Crippen LogP contribution >= 0.6 is 0 Å². The molecule has 0 saturated carbocycles. The number of nitrogens with one attached hydrogen (secondary N) is 1. The van der Waals surface area contributed by atoms with E-state index in [0.29, 0.717) is 37.0 Å². The minimum atomic E-state index is -0.110. The summed E-state index contributed by atoms with van der Waals surface area (Å²) in [6.45, 7) is 3.71. The summed E-state index contributed by atoms with van der Waals surface area (Å²) in [5.41, 5.74) is 0.831. The lowest BCUT2D eigenvalue weighted by molar-refractivity contribution is -0.116. The molecule has 0 fully saturated rings. The van der Waals surface area contributed by atoms with Gasteiger partial charge in [0.25, 0.3) is 0 Å². The number of fused-ring (bicyclic) bond motifs is 1. The highest BCUT2D eigenvalue weighted by atomic mass is 16.6. The van der Waals surface area contributed by atoms with Crippen molar-refractivity contribution < 1.29 is 19.0 Å². The molecule has 1 amide bonds. The quantitative estimate of drug-likeness (QED) is 0.836. The maximum Gasteiger partial charge on any atom is 0.243 e. The monoisotopic (exact) mass is 277 g/mol. The molecule has 2 rings (SSSR count). The first-order valence-electron chi connectivity index (χ1n) is 6.68. The van der Waals surface area contributed by atoms with Crippen LogP contribution in [0.5, 0.6) is 17.2 Å². The second-order valence-corrected chi connectivity index (χ2v) is 4.37. The van der Waals surface area contributed by atoms with E-state index in [-0.39, 0.29) is 5.91 Å². The maximum atomic E-state index is 11.5. The average Bonchev–Trinajstić information content (AvgIpc) is 2.49. The Morgan fingerprint density at radius 3 is 2.95 bits per heavy atom. The van der Waals surface area contributed by atoms with Crippen LogP contribution in [0, 0.1) is 0 Å². The third-order valence-corrected chi connectivity index (χ3v) is 2.83. The molecule has 1 heterocycles. The lowest BCUT2D eigenvalue weighted by Crippen LogP contribution is -2.21. The third-order valence-electron chi connectivity index (χ3n) is 2.83. The summed E-state index contributed by atoms with van der Waals surface area (Å²) in [5.74, 6) is 1.76. The van der Waals surface area contributed by atoms with Crippen LogP contribution < -0.4 is 19.5 Å². The first-order valence-corrected chi connectivity index (χ1v) is 6.68. The number of carbonyl (C=O) groups is 1. The number of ether oxygens (including phenoxy) is 3. The molecule has 1 aromatic rings. The Kier molecular flexibility index (Phi) is 4.87. The van der Waals surface area contributed by atoms with Crippen LogP contribution in [0.15, 0.2) is 18.2 Å². The Morgan fingerprint density at radius 1 is 1.40 bits per heavy atom. The first-order chi connectivity index (χ1) is 9.74. The molecule has 1 aromatic carbocycles. The number of benzene rings is 1. The number of amides is 1. The number of hydrogen-bond acceptors (Lipinski definition) is 4. The molecule has 5 heteroatoms. The average molecular weight is 277 g/mol. The van der Waals surface area contributed by atoms with Gasteiger partial charge in [0.2, 0.25) is 11.7 Å². The van der Waals surface area contributed by atoms with Crippen molar-refractivity contribution in [3.63, 3.8) is 0 Å². The van der Waals surface area contributed by atoms with Gasteiger partial charge in [0, 0.05) is 12.6 Å². The van der Waals surface area contributed by atoms with Gasteiger partial charge in [-0.2, -0.15) is 0 Å². The second kappa shape index (κ2) is 6.84. The minimum Gasteiger partial charge on any atom is -0.493 e. The van der Waals surface area contributed by atoms with Crippen molar-refractivity contribution in [3.8, 4) is 17.2 Å². The van der Waals surface area contributed by atoms with Crippen molar-refractivity contribution in [2.75, 3.05) is 26.9 Å². The molecule has 0 aromatic heterocycles. The van der Waals surface area contributed by atoms with Crippen LogP contribution in [-0.2, 0) is 4.79 Å². The molecular formula is C15H19NO4. The van der Waals surface area contributed by atoms with Crippen molar-refractivity contribution in [1.82, 2.24) is 5.32 Å². The Balaban J connectivity index is 2.16. The molecule has 20 heavy (non-hydrogen) atoms. The van der Waals surface area contributed by atoms with Gasteiger partial charge in [-0.25, -0.2) is 0 Å². The predicted molar refractivity (Wildman–Crippen MR) is 76.3 cm³/mol. The zero-order valence-corrected chi connectivity index (χ0v) is 11.8. The van der Waals surface area contributed by atoms with Crippen LogP contribution in [0.4, 0.5) is 0 Å². The summed E-state index contributed by atoms with van der Waals surface area (Å²) in [5, 5.41) is 2.78. The van der Waals surface area contributed by atoms with Crippen LogP contribution in [0.2, 0.25) is 0 Å². The zero-order chi connectivity index (χ0) is 14.4. The first kappa shape index (κ1) is 14.2. The van der Waals surface area contributed by atoms with E-state index in [4.69, 9.17) is 14.2 Å². The van der Waals surface area contributed by atoms with E-state index in [1.807, 2.05) is 19.1 Å². The van der Waals surface area contributed by atoms with Crippen molar-refractivity contribution >= 4 is 12.0 Å². The molecule has 1 aliphatic rings. The van der Waals surface area contributed by atoms with Crippen molar-refractivity contribution in [2.45, 2.75) is 13.3 Å². The summed E-state index contributed by atoms with van der Waals surface area (Å²) in [6.07, 6.45) is 4.14. The minimum absolute atomic E-state index is 0.110. The van der Waals surface area contributed by atoms with Gasteiger partial charge in [0.1, 0.15) is 13.2 Å².